The largest absolute Gasteiger partial charge is 0.361 e. The molecule has 2 aromatic carbocycles. The molecule has 0 amide bonds. The van der Waals surface area contributed by atoms with Crippen molar-refractivity contribution in [3.63, 3.8) is 0 Å². The Labute approximate surface area is 144 Å². The highest BCUT2D eigenvalue weighted by Crippen LogP contribution is 2.17. The number of hydrogen-bond donors (Lipinski definition) is 3. The van der Waals surface area contributed by atoms with Crippen molar-refractivity contribution in [2.75, 3.05) is 0 Å². The first-order valence-corrected chi connectivity index (χ1v) is 8.31. The highest BCUT2D eigenvalue weighted by molar-refractivity contribution is 5.88. The molecule has 4 aromatic rings. The molecule has 4 heteroatoms. The molecule has 0 unspecified atom stereocenters. The van der Waals surface area contributed by atoms with Gasteiger partial charge in [0.15, 0.2) is 0 Å². The first kappa shape index (κ1) is 15.3. The van der Waals surface area contributed by atoms with Gasteiger partial charge in [-0.05, 0) is 31.1 Å². The third-order valence-corrected chi connectivity index (χ3v) is 4.43. The zero-order valence-corrected chi connectivity index (χ0v) is 14.0. The van der Waals surface area contributed by atoms with Crippen molar-refractivity contribution in [2.45, 2.75) is 13.3 Å². The molecule has 0 radical (unpaired) electrons. The summed E-state index contributed by atoms with van der Waals surface area (Å²) < 4.78 is 0. The molecule has 0 atom stereocenters. The van der Waals surface area contributed by atoms with Crippen LogP contribution in [0.1, 0.15) is 16.7 Å². The van der Waals surface area contributed by atoms with E-state index in [4.69, 9.17) is 0 Å². The fraction of sp³-hybridized carbons (Fsp3) is 0.0952. The van der Waals surface area contributed by atoms with E-state index in [1.165, 1.54) is 11.1 Å². The molecule has 3 N–H and O–H groups in total. The van der Waals surface area contributed by atoms with Crippen molar-refractivity contribution in [1.82, 2.24) is 15.2 Å². The molecular weight excluding hydrogens is 310 g/mol. The maximum absolute atomic E-state index is 12.2. The average Bonchev–Trinajstić information content (AvgIpc) is 3.20. The number of para-hydroxylation sites is 1. The van der Waals surface area contributed by atoms with Gasteiger partial charge in [-0.1, -0.05) is 54.1 Å². The second-order valence-corrected chi connectivity index (χ2v) is 6.23. The van der Waals surface area contributed by atoms with Crippen molar-refractivity contribution in [2.24, 2.45) is 0 Å². The van der Waals surface area contributed by atoms with Crippen LogP contribution < -0.4 is 16.1 Å². The number of aromatic amines is 3. The molecule has 2 heterocycles. The van der Waals surface area contributed by atoms with Gasteiger partial charge in [0, 0.05) is 22.7 Å². The van der Waals surface area contributed by atoms with E-state index in [0.29, 0.717) is 5.22 Å². The van der Waals surface area contributed by atoms with Crippen molar-refractivity contribution in [3.8, 4) is 0 Å². The van der Waals surface area contributed by atoms with Crippen LogP contribution in [0.15, 0.2) is 59.5 Å². The summed E-state index contributed by atoms with van der Waals surface area (Å²) >= 11 is 0. The molecule has 0 bridgehead atoms. The molecule has 0 aliphatic heterocycles. The Morgan fingerprint density at radius 3 is 2.64 bits per heavy atom. The molecule has 4 rings (SSSR count). The van der Waals surface area contributed by atoms with Crippen molar-refractivity contribution < 1.29 is 0 Å². The first-order valence-electron chi connectivity index (χ1n) is 8.31. The predicted octanol–water partition coefficient (Wildman–Crippen LogP) is 2.34. The van der Waals surface area contributed by atoms with E-state index in [2.05, 4.69) is 46.4 Å². The van der Waals surface area contributed by atoms with Gasteiger partial charge in [-0.15, -0.1) is 0 Å². The Balaban J connectivity index is 1.78. The van der Waals surface area contributed by atoms with Gasteiger partial charge >= 0.3 is 0 Å². The summed E-state index contributed by atoms with van der Waals surface area (Å²) in [6, 6.07) is 16.5. The number of aromatic nitrogens is 3. The molecule has 0 spiro atoms. The topological polar surface area (TPSA) is 64.4 Å². The number of hydrogen-bond acceptors (Lipinski definition) is 1. The molecule has 0 fully saturated rings. The normalized spacial score (nSPS) is 13.0. The minimum atomic E-state index is -0.111. The third kappa shape index (κ3) is 3.06. The van der Waals surface area contributed by atoms with Crippen LogP contribution in [-0.2, 0) is 6.42 Å². The Hall–Kier alpha value is -3.27. The number of H-pyrrole nitrogens is 3. The Kier molecular flexibility index (Phi) is 3.86. The Morgan fingerprint density at radius 1 is 1.00 bits per heavy atom. The van der Waals surface area contributed by atoms with Gasteiger partial charge in [-0.3, -0.25) is 15.0 Å². The quantitative estimate of drug-likeness (QED) is 0.531. The zero-order valence-electron chi connectivity index (χ0n) is 14.0. The number of benzene rings is 2. The first-order chi connectivity index (χ1) is 12.2. The second-order valence-electron chi connectivity index (χ2n) is 6.23. The van der Waals surface area contributed by atoms with E-state index in [9.17, 15) is 4.79 Å². The van der Waals surface area contributed by atoms with Crippen molar-refractivity contribution in [3.05, 3.63) is 92.3 Å². The Morgan fingerprint density at radius 2 is 1.80 bits per heavy atom. The van der Waals surface area contributed by atoms with Crippen LogP contribution in [0.3, 0.4) is 0 Å². The van der Waals surface area contributed by atoms with Gasteiger partial charge in [0.05, 0.1) is 10.6 Å². The van der Waals surface area contributed by atoms with Gasteiger partial charge in [0.1, 0.15) is 0 Å². The summed E-state index contributed by atoms with van der Waals surface area (Å²) in [5.74, 6) is 0. The lowest BCUT2D eigenvalue weighted by atomic mass is 10.1. The lowest BCUT2D eigenvalue weighted by Gasteiger charge is -1.96. The van der Waals surface area contributed by atoms with Gasteiger partial charge in [-0.2, -0.15) is 0 Å². The van der Waals surface area contributed by atoms with Crippen LogP contribution in [0.25, 0.3) is 23.1 Å². The maximum Gasteiger partial charge on any atom is 0.271 e. The molecule has 0 aliphatic rings. The van der Waals surface area contributed by atoms with E-state index >= 15 is 0 Å². The van der Waals surface area contributed by atoms with E-state index in [1.807, 2.05) is 42.6 Å². The van der Waals surface area contributed by atoms with Gasteiger partial charge in [0.25, 0.3) is 5.56 Å². The molecule has 2 aromatic heterocycles. The molecule has 124 valence electrons. The van der Waals surface area contributed by atoms with Crippen LogP contribution in [0.2, 0.25) is 0 Å². The number of rotatable bonds is 3. The molecule has 4 nitrogen and oxygen atoms in total. The van der Waals surface area contributed by atoms with Crippen molar-refractivity contribution >= 4 is 23.1 Å². The van der Waals surface area contributed by atoms with Crippen LogP contribution in [-0.4, -0.2) is 15.2 Å². The third-order valence-electron chi connectivity index (χ3n) is 4.43. The Bertz CT molecular complexity index is 1190. The molecule has 0 saturated carbocycles. The van der Waals surface area contributed by atoms with Gasteiger partial charge in [-0.25, -0.2) is 0 Å². The highest BCUT2D eigenvalue weighted by atomic mass is 16.1. The fourth-order valence-electron chi connectivity index (χ4n) is 3.00. The van der Waals surface area contributed by atoms with Crippen LogP contribution in [0.5, 0.6) is 0 Å². The van der Waals surface area contributed by atoms with Crippen molar-refractivity contribution in [1.29, 1.82) is 0 Å². The number of nitrogens with one attached hydrogen (secondary N) is 3. The minimum Gasteiger partial charge on any atom is -0.361 e. The molecule has 0 saturated heterocycles. The fourth-order valence-corrected chi connectivity index (χ4v) is 3.00. The zero-order chi connectivity index (χ0) is 17.2. The van der Waals surface area contributed by atoms with Crippen LogP contribution >= 0.6 is 0 Å². The molecule has 0 aliphatic carbocycles. The van der Waals surface area contributed by atoms with E-state index < -0.39 is 0 Å². The summed E-state index contributed by atoms with van der Waals surface area (Å²) in [6.45, 7) is 2.07. The summed E-state index contributed by atoms with van der Waals surface area (Å²) in [5.41, 5.74) is 4.41. The predicted molar refractivity (Wildman–Crippen MR) is 102 cm³/mol. The monoisotopic (exact) mass is 329 g/mol. The van der Waals surface area contributed by atoms with Crippen LogP contribution in [0, 0.1) is 6.92 Å². The summed E-state index contributed by atoms with van der Waals surface area (Å²) in [5, 5.41) is 8.24. The summed E-state index contributed by atoms with van der Waals surface area (Å²) in [7, 11) is 0. The SMILES string of the molecule is Cc1ccc(CC=c2[nH][nH]c(=O)c2=Cc2c[nH]c3ccccc23)cc1. The minimum absolute atomic E-state index is 0.111. The lowest BCUT2D eigenvalue weighted by molar-refractivity contribution is 1.03. The summed E-state index contributed by atoms with van der Waals surface area (Å²) in [4.78, 5) is 15.4. The smallest absolute Gasteiger partial charge is 0.271 e. The lowest BCUT2D eigenvalue weighted by Crippen LogP contribution is -2.33. The molecule has 25 heavy (non-hydrogen) atoms. The molecular formula is C21H19N3O. The number of aryl methyl sites for hydroxylation is 1. The van der Waals surface area contributed by atoms with Gasteiger partial charge in [0.2, 0.25) is 0 Å². The van der Waals surface area contributed by atoms with Gasteiger partial charge < -0.3 is 4.98 Å². The average molecular weight is 329 g/mol. The highest BCUT2D eigenvalue weighted by Gasteiger charge is 2.02. The van der Waals surface area contributed by atoms with Crippen LogP contribution in [0.4, 0.5) is 0 Å². The number of fused-ring (bicyclic) bond motifs is 1. The second kappa shape index (κ2) is 6.32. The van der Waals surface area contributed by atoms with E-state index in [1.54, 1.807) is 0 Å². The summed E-state index contributed by atoms with van der Waals surface area (Å²) in [6.07, 6.45) is 6.67. The maximum atomic E-state index is 12.2. The standard InChI is InChI=1S/C21H19N3O/c1-14-6-8-15(9-7-14)10-11-20-18(21(25)24-23-20)12-16-13-22-19-5-3-2-4-17(16)19/h2-9,11-13,22-23H,10H2,1H3,(H,24,25). The van der Waals surface area contributed by atoms with E-state index in [0.717, 1.165) is 28.2 Å². The van der Waals surface area contributed by atoms with E-state index in [-0.39, 0.29) is 5.56 Å².